The number of piperazine rings is 1. The fraction of sp³-hybridized carbons (Fsp3) is 0.273. The molecule has 0 spiro atoms. The topological polar surface area (TPSA) is 41.4 Å². The van der Waals surface area contributed by atoms with E-state index in [0.717, 1.165) is 37.9 Å². The van der Waals surface area contributed by atoms with E-state index in [9.17, 15) is 4.79 Å². The van der Waals surface area contributed by atoms with Gasteiger partial charge < -0.3 is 14.4 Å². The Bertz CT molecular complexity index is 889. The van der Waals surface area contributed by atoms with Crippen LogP contribution in [0.15, 0.2) is 78.2 Å². The Morgan fingerprint density at radius 2 is 1.61 bits per heavy atom. The minimum absolute atomic E-state index is 0.187. The zero-order chi connectivity index (χ0) is 19.2. The van der Waals surface area contributed by atoms with Crippen LogP contribution in [0, 0.1) is 0 Å². The fourth-order valence-corrected chi connectivity index (χ4v) is 4.27. The molecule has 0 bridgehead atoms. The van der Waals surface area contributed by atoms with Crippen molar-refractivity contribution < 1.29 is 4.79 Å². The lowest BCUT2D eigenvalue weighted by atomic mass is 10.2. The summed E-state index contributed by atoms with van der Waals surface area (Å²) in [6, 6.07) is 20.7. The molecule has 1 saturated heterocycles. The van der Waals surface area contributed by atoms with Gasteiger partial charge in [-0.25, -0.2) is 4.98 Å². The van der Waals surface area contributed by atoms with Crippen LogP contribution in [0.4, 0.5) is 5.69 Å². The Morgan fingerprint density at radius 3 is 2.32 bits per heavy atom. The number of benzene rings is 2. The Balaban J connectivity index is 1.28. The molecule has 1 amide bonds. The monoisotopic (exact) mass is 392 g/mol. The van der Waals surface area contributed by atoms with Crippen molar-refractivity contribution in [2.75, 3.05) is 36.8 Å². The second kappa shape index (κ2) is 8.97. The summed E-state index contributed by atoms with van der Waals surface area (Å²) in [5.74, 6) is 0.615. The van der Waals surface area contributed by atoms with Gasteiger partial charge in [0, 0.05) is 50.8 Å². The average Bonchev–Trinajstić information content (AvgIpc) is 3.20. The first-order valence-corrected chi connectivity index (χ1v) is 10.5. The highest BCUT2D eigenvalue weighted by Gasteiger charge is 2.21. The van der Waals surface area contributed by atoms with Crippen LogP contribution < -0.4 is 4.90 Å². The summed E-state index contributed by atoms with van der Waals surface area (Å²) < 4.78 is 2.10. The number of hydrogen-bond donors (Lipinski definition) is 0. The van der Waals surface area contributed by atoms with Gasteiger partial charge >= 0.3 is 0 Å². The maximum absolute atomic E-state index is 12.7. The van der Waals surface area contributed by atoms with Crippen molar-refractivity contribution in [1.29, 1.82) is 0 Å². The summed E-state index contributed by atoms with van der Waals surface area (Å²) in [7, 11) is 0. The molecule has 0 radical (unpaired) electrons. The molecular weight excluding hydrogens is 368 g/mol. The smallest absolute Gasteiger partial charge is 0.233 e. The molecule has 2 heterocycles. The summed E-state index contributed by atoms with van der Waals surface area (Å²) in [6.45, 7) is 4.07. The van der Waals surface area contributed by atoms with Gasteiger partial charge in [-0.1, -0.05) is 60.3 Å². The van der Waals surface area contributed by atoms with E-state index in [1.807, 2.05) is 35.4 Å². The normalized spacial score (nSPS) is 14.3. The molecule has 3 aromatic rings. The Kier molecular flexibility index (Phi) is 5.97. The van der Waals surface area contributed by atoms with Crippen molar-refractivity contribution in [3.63, 3.8) is 0 Å². The molecule has 4 rings (SSSR count). The number of anilines is 1. The van der Waals surface area contributed by atoms with Crippen molar-refractivity contribution in [3.8, 4) is 0 Å². The standard InChI is InChI=1S/C22H24N4OS/c27-21(25-15-13-24(14-16-25)20-9-5-2-6-10-20)18-28-22-23-11-12-26(22)17-19-7-3-1-4-8-19/h1-12H,13-18H2. The zero-order valence-electron chi connectivity index (χ0n) is 15.8. The van der Waals surface area contributed by atoms with Crippen LogP contribution in [-0.2, 0) is 11.3 Å². The third-order valence-electron chi connectivity index (χ3n) is 4.95. The van der Waals surface area contributed by atoms with Crippen LogP contribution in [0.5, 0.6) is 0 Å². The molecule has 0 unspecified atom stereocenters. The van der Waals surface area contributed by atoms with E-state index in [0.29, 0.717) is 5.75 Å². The third kappa shape index (κ3) is 4.57. The van der Waals surface area contributed by atoms with E-state index in [1.54, 1.807) is 6.20 Å². The number of amides is 1. The van der Waals surface area contributed by atoms with Gasteiger partial charge in [0.25, 0.3) is 0 Å². The largest absolute Gasteiger partial charge is 0.368 e. The highest BCUT2D eigenvalue weighted by Crippen LogP contribution is 2.20. The van der Waals surface area contributed by atoms with E-state index in [4.69, 9.17) is 0 Å². The van der Waals surface area contributed by atoms with Crippen molar-refractivity contribution in [2.24, 2.45) is 0 Å². The summed E-state index contributed by atoms with van der Waals surface area (Å²) in [4.78, 5) is 21.4. The van der Waals surface area contributed by atoms with Gasteiger partial charge in [-0.05, 0) is 17.7 Å². The predicted octanol–water partition coefficient (Wildman–Crippen LogP) is 3.37. The van der Waals surface area contributed by atoms with Crippen molar-refractivity contribution >= 4 is 23.4 Å². The van der Waals surface area contributed by atoms with Crippen LogP contribution in [0.25, 0.3) is 0 Å². The molecular formula is C22H24N4OS. The van der Waals surface area contributed by atoms with Gasteiger partial charge in [-0.15, -0.1) is 0 Å². The van der Waals surface area contributed by atoms with Gasteiger partial charge in [-0.2, -0.15) is 0 Å². The summed E-state index contributed by atoms with van der Waals surface area (Å²) >= 11 is 1.52. The fourth-order valence-electron chi connectivity index (χ4n) is 3.41. The second-order valence-corrected chi connectivity index (χ2v) is 7.76. The molecule has 1 aliphatic heterocycles. The number of imidazole rings is 1. The number of aromatic nitrogens is 2. The third-order valence-corrected chi connectivity index (χ3v) is 5.94. The summed E-state index contributed by atoms with van der Waals surface area (Å²) in [5.41, 5.74) is 2.46. The first-order chi connectivity index (χ1) is 13.8. The highest BCUT2D eigenvalue weighted by atomic mass is 32.2. The first kappa shape index (κ1) is 18.6. The number of carbonyl (C=O) groups excluding carboxylic acids is 1. The van der Waals surface area contributed by atoms with Crippen molar-refractivity contribution in [1.82, 2.24) is 14.5 Å². The average molecular weight is 393 g/mol. The number of hydrogen-bond acceptors (Lipinski definition) is 4. The minimum Gasteiger partial charge on any atom is -0.368 e. The van der Waals surface area contributed by atoms with E-state index in [1.165, 1.54) is 23.0 Å². The van der Waals surface area contributed by atoms with E-state index >= 15 is 0 Å². The number of rotatable bonds is 6. The number of thioether (sulfide) groups is 1. The molecule has 1 aromatic heterocycles. The zero-order valence-corrected chi connectivity index (χ0v) is 16.6. The summed E-state index contributed by atoms with van der Waals surface area (Å²) in [5, 5.41) is 0.889. The van der Waals surface area contributed by atoms with Gasteiger partial charge in [-0.3, -0.25) is 4.79 Å². The molecule has 144 valence electrons. The Labute approximate surface area is 170 Å². The lowest BCUT2D eigenvalue weighted by Crippen LogP contribution is -2.49. The van der Waals surface area contributed by atoms with E-state index in [2.05, 4.69) is 50.8 Å². The number of carbonyl (C=O) groups is 1. The lowest BCUT2D eigenvalue weighted by molar-refractivity contribution is -0.128. The van der Waals surface area contributed by atoms with Crippen LogP contribution in [-0.4, -0.2) is 52.3 Å². The van der Waals surface area contributed by atoms with Gasteiger partial charge in [0.1, 0.15) is 0 Å². The molecule has 28 heavy (non-hydrogen) atoms. The molecule has 0 aliphatic carbocycles. The maximum Gasteiger partial charge on any atom is 0.233 e. The van der Waals surface area contributed by atoms with Crippen molar-refractivity contribution in [3.05, 3.63) is 78.6 Å². The molecule has 0 saturated carbocycles. The molecule has 0 atom stereocenters. The molecule has 1 aliphatic rings. The highest BCUT2D eigenvalue weighted by molar-refractivity contribution is 7.99. The predicted molar refractivity (Wildman–Crippen MR) is 114 cm³/mol. The molecule has 0 N–H and O–H groups in total. The van der Waals surface area contributed by atoms with Crippen LogP contribution in [0.1, 0.15) is 5.56 Å². The molecule has 1 fully saturated rings. The minimum atomic E-state index is 0.187. The maximum atomic E-state index is 12.7. The first-order valence-electron chi connectivity index (χ1n) is 9.55. The van der Waals surface area contributed by atoms with E-state index in [-0.39, 0.29) is 5.91 Å². The number of nitrogens with zero attached hydrogens (tertiary/aromatic N) is 4. The molecule has 2 aromatic carbocycles. The lowest BCUT2D eigenvalue weighted by Gasteiger charge is -2.36. The molecule has 6 heteroatoms. The van der Waals surface area contributed by atoms with Crippen molar-refractivity contribution in [2.45, 2.75) is 11.7 Å². The van der Waals surface area contributed by atoms with Crippen LogP contribution in [0.3, 0.4) is 0 Å². The van der Waals surface area contributed by atoms with Gasteiger partial charge in [0.05, 0.1) is 5.75 Å². The van der Waals surface area contributed by atoms with Gasteiger partial charge in [0.15, 0.2) is 5.16 Å². The second-order valence-electron chi connectivity index (χ2n) is 6.82. The van der Waals surface area contributed by atoms with Crippen LogP contribution in [0.2, 0.25) is 0 Å². The van der Waals surface area contributed by atoms with Crippen LogP contribution >= 0.6 is 11.8 Å². The SMILES string of the molecule is O=C(CSc1nccn1Cc1ccccc1)N1CCN(c2ccccc2)CC1. The Morgan fingerprint density at radius 1 is 0.929 bits per heavy atom. The van der Waals surface area contributed by atoms with E-state index < -0.39 is 0 Å². The summed E-state index contributed by atoms with van der Waals surface area (Å²) in [6.07, 6.45) is 3.77. The molecule has 5 nitrogen and oxygen atoms in total. The number of para-hydroxylation sites is 1. The Hall–Kier alpha value is -2.73. The quantitative estimate of drug-likeness (QED) is 0.603. The van der Waals surface area contributed by atoms with Gasteiger partial charge in [0.2, 0.25) is 5.91 Å².